The van der Waals surface area contributed by atoms with Gasteiger partial charge in [0.05, 0.1) is 5.02 Å². The summed E-state index contributed by atoms with van der Waals surface area (Å²) in [4.78, 5) is 23.1. The predicted molar refractivity (Wildman–Crippen MR) is 93.2 cm³/mol. The zero-order chi connectivity index (χ0) is 17.8. The van der Waals surface area contributed by atoms with Crippen LogP contribution in [-0.4, -0.2) is 11.9 Å². The lowest BCUT2D eigenvalue weighted by Crippen LogP contribution is -2.10. The first-order valence-corrected chi connectivity index (χ1v) is 7.83. The van der Waals surface area contributed by atoms with Gasteiger partial charge in [-0.05, 0) is 42.0 Å². The van der Waals surface area contributed by atoms with Crippen molar-refractivity contribution in [1.29, 1.82) is 0 Å². The van der Waals surface area contributed by atoms with E-state index in [1.165, 1.54) is 6.07 Å². The maximum absolute atomic E-state index is 12.1. The van der Waals surface area contributed by atoms with Crippen LogP contribution in [0.3, 0.4) is 0 Å². The molecule has 3 rings (SSSR count). The highest BCUT2D eigenvalue weighted by atomic mass is 35.5. The molecule has 25 heavy (non-hydrogen) atoms. The summed E-state index contributed by atoms with van der Waals surface area (Å²) in [5, 5.41) is 0.534. The Hall–Kier alpha value is -3.05. The highest BCUT2D eigenvalue weighted by molar-refractivity contribution is 6.33. The highest BCUT2D eigenvalue weighted by Gasteiger charge is 2.15. The van der Waals surface area contributed by atoms with Crippen molar-refractivity contribution in [3.63, 3.8) is 0 Å². The molecule has 0 aliphatic heterocycles. The fourth-order valence-electron chi connectivity index (χ4n) is 2.24. The summed E-state index contributed by atoms with van der Waals surface area (Å²) in [5.74, 6) is -0.518. The molecule has 126 valence electrons. The van der Waals surface area contributed by atoms with Crippen LogP contribution >= 0.6 is 11.6 Å². The van der Waals surface area contributed by atoms with E-state index in [1.807, 2.05) is 12.1 Å². The molecule has 1 heterocycles. The Morgan fingerprint density at radius 2 is 1.72 bits per heavy atom. The molecular formula is C19H14ClNO4. The summed E-state index contributed by atoms with van der Waals surface area (Å²) < 4.78 is 10.7. The first kappa shape index (κ1) is 16.8. The molecule has 3 aromatic rings. The van der Waals surface area contributed by atoms with E-state index < -0.39 is 11.9 Å². The van der Waals surface area contributed by atoms with Crippen molar-refractivity contribution >= 4 is 23.5 Å². The molecule has 1 aromatic heterocycles. The summed E-state index contributed by atoms with van der Waals surface area (Å²) in [6.45, 7) is 0.0556. The van der Waals surface area contributed by atoms with E-state index in [2.05, 4.69) is 0 Å². The number of hydrogen-bond donors (Lipinski definition) is 1. The lowest BCUT2D eigenvalue weighted by molar-refractivity contribution is 0.0437. The third kappa shape index (κ3) is 3.89. The minimum Gasteiger partial charge on any atom is -0.455 e. The number of benzene rings is 2. The molecule has 6 heteroatoms. The molecule has 0 aliphatic rings. The van der Waals surface area contributed by atoms with Crippen molar-refractivity contribution < 1.29 is 18.7 Å². The van der Waals surface area contributed by atoms with Crippen LogP contribution in [0, 0.1) is 0 Å². The highest BCUT2D eigenvalue weighted by Crippen LogP contribution is 2.29. The van der Waals surface area contributed by atoms with Gasteiger partial charge in [0.1, 0.15) is 12.4 Å². The van der Waals surface area contributed by atoms with E-state index in [0.29, 0.717) is 21.9 Å². The second-order valence-corrected chi connectivity index (χ2v) is 5.69. The van der Waals surface area contributed by atoms with Crippen molar-refractivity contribution in [1.82, 2.24) is 0 Å². The van der Waals surface area contributed by atoms with Crippen LogP contribution in [-0.2, 0) is 11.3 Å². The molecule has 0 saturated carbocycles. The standard InChI is InChI=1S/C19H14ClNO4/c20-15-4-2-1-3-14(15)16-9-10-17(25-16)19(23)24-11-12-5-7-13(8-6-12)18(21)22/h1-10H,11H2,(H2,21,22). The van der Waals surface area contributed by atoms with Crippen LogP contribution in [0.25, 0.3) is 11.3 Å². The van der Waals surface area contributed by atoms with Crippen LogP contribution in [0.15, 0.2) is 65.1 Å². The van der Waals surface area contributed by atoms with Crippen LogP contribution in [0.4, 0.5) is 0 Å². The number of rotatable bonds is 5. The van der Waals surface area contributed by atoms with Crippen LogP contribution in [0.2, 0.25) is 5.02 Å². The second-order valence-electron chi connectivity index (χ2n) is 5.28. The van der Waals surface area contributed by atoms with E-state index in [-0.39, 0.29) is 12.4 Å². The number of nitrogens with two attached hydrogens (primary N) is 1. The average Bonchev–Trinajstić information content (AvgIpc) is 3.10. The maximum Gasteiger partial charge on any atom is 0.374 e. The van der Waals surface area contributed by atoms with Gasteiger partial charge in [-0.25, -0.2) is 4.79 Å². The number of furan rings is 1. The van der Waals surface area contributed by atoms with Gasteiger partial charge < -0.3 is 14.9 Å². The molecule has 0 bridgehead atoms. The van der Waals surface area contributed by atoms with Gasteiger partial charge in [0.2, 0.25) is 11.7 Å². The minimum atomic E-state index is -0.586. The van der Waals surface area contributed by atoms with Crippen molar-refractivity contribution in [3.05, 3.63) is 82.6 Å². The Kier molecular flexibility index (Phi) is 4.86. The molecule has 0 fully saturated rings. The zero-order valence-electron chi connectivity index (χ0n) is 13.1. The zero-order valence-corrected chi connectivity index (χ0v) is 13.8. The molecule has 0 saturated heterocycles. The quantitative estimate of drug-likeness (QED) is 0.700. The minimum absolute atomic E-state index is 0.0556. The molecular weight excluding hydrogens is 342 g/mol. The van der Waals surface area contributed by atoms with Crippen molar-refractivity contribution in [2.75, 3.05) is 0 Å². The number of carbonyl (C=O) groups excluding carboxylic acids is 2. The molecule has 2 aromatic carbocycles. The van der Waals surface area contributed by atoms with Gasteiger partial charge in [-0.15, -0.1) is 0 Å². The summed E-state index contributed by atoms with van der Waals surface area (Å²) in [7, 11) is 0. The normalized spacial score (nSPS) is 10.4. The molecule has 5 nitrogen and oxygen atoms in total. The third-order valence-corrected chi connectivity index (χ3v) is 3.88. The molecule has 0 unspecified atom stereocenters. The molecule has 0 spiro atoms. The summed E-state index contributed by atoms with van der Waals surface area (Å²) in [6, 6.07) is 16.9. The summed E-state index contributed by atoms with van der Waals surface area (Å²) in [6.07, 6.45) is 0. The lowest BCUT2D eigenvalue weighted by atomic mass is 10.1. The predicted octanol–water partition coefficient (Wildman–Crippen LogP) is 4.06. The fraction of sp³-hybridized carbons (Fsp3) is 0.0526. The van der Waals surface area contributed by atoms with E-state index >= 15 is 0 Å². The Morgan fingerprint density at radius 3 is 2.40 bits per heavy atom. The number of hydrogen-bond acceptors (Lipinski definition) is 4. The van der Waals surface area contributed by atoms with E-state index in [4.69, 9.17) is 26.5 Å². The summed E-state index contributed by atoms with van der Waals surface area (Å²) >= 11 is 6.11. The Morgan fingerprint density at radius 1 is 1.00 bits per heavy atom. The van der Waals surface area contributed by atoms with Gasteiger partial charge >= 0.3 is 5.97 Å². The van der Waals surface area contributed by atoms with E-state index in [1.54, 1.807) is 42.5 Å². The van der Waals surface area contributed by atoms with Gasteiger partial charge in [-0.3, -0.25) is 4.79 Å². The van der Waals surface area contributed by atoms with Gasteiger partial charge in [0, 0.05) is 11.1 Å². The molecule has 2 N–H and O–H groups in total. The van der Waals surface area contributed by atoms with Crippen LogP contribution in [0.1, 0.15) is 26.5 Å². The largest absolute Gasteiger partial charge is 0.455 e. The van der Waals surface area contributed by atoms with Gasteiger partial charge in [0.15, 0.2) is 0 Å². The number of primary amides is 1. The fourth-order valence-corrected chi connectivity index (χ4v) is 2.47. The topological polar surface area (TPSA) is 82.5 Å². The Balaban J connectivity index is 1.66. The number of carbonyl (C=O) groups is 2. The number of ether oxygens (including phenoxy) is 1. The van der Waals surface area contributed by atoms with Crippen molar-refractivity contribution in [2.45, 2.75) is 6.61 Å². The molecule has 0 radical (unpaired) electrons. The average molecular weight is 356 g/mol. The Labute approximate surface area is 149 Å². The lowest BCUT2D eigenvalue weighted by Gasteiger charge is -2.04. The van der Waals surface area contributed by atoms with Crippen LogP contribution < -0.4 is 5.73 Å². The smallest absolute Gasteiger partial charge is 0.374 e. The molecule has 0 atom stereocenters. The molecule has 1 amide bonds. The van der Waals surface area contributed by atoms with Crippen molar-refractivity contribution in [2.24, 2.45) is 5.73 Å². The van der Waals surface area contributed by atoms with Crippen LogP contribution in [0.5, 0.6) is 0 Å². The summed E-state index contributed by atoms with van der Waals surface area (Å²) in [5.41, 5.74) is 7.00. The number of esters is 1. The number of halogens is 1. The SMILES string of the molecule is NC(=O)c1ccc(COC(=O)c2ccc(-c3ccccc3Cl)o2)cc1. The van der Waals surface area contributed by atoms with Gasteiger partial charge in [-0.2, -0.15) is 0 Å². The van der Waals surface area contributed by atoms with Gasteiger partial charge in [-0.1, -0.05) is 35.9 Å². The third-order valence-electron chi connectivity index (χ3n) is 3.55. The first-order valence-electron chi connectivity index (χ1n) is 7.45. The van der Waals surface area contributed by atoms with Gasteiger partial charge in [0.25, 0.3) is 0 Å². The van der Waals surface area contributed by atoms with E-state index in [0.717, 1.165) is 5.56 Å². The second kappa shape index (κ2) is 7.23. The number of amides is 1. The first-order chi connectivity index (χ1) is 12.0. The molecule has 0 aliphatic carbocycles. The monoisotopic (exact) mass is 355 g/mol. The van der Waals surface area contributed by atoms with Crippen molar-refractivity contribution in [3.8, 4) is 11.3 Å². The van der Waals surface area contributed by atoms with E-state index in [9.17, 15) is 9.59 Å². The maximum atomic E-state index is 12.1. The Bertz CT molecular complexity index is 915.